The van der Waals surface area contributed by atoms with Gasteiger partial charge in [-0.1, -0.05) is 200 Å². The van der Waals surface area contributed by atoms with E-state index < -0.39 is 49.7 Å². The second kappa shape index (κ2) is 24.2. The molecule has 356 valence electrons. The molecule has 1 heterocycles. The van der Waals surface area contributed by atoms with Crippen LogP contribution >= 0.6 is 0 Å². The van der Waals surface area contributed by atoms with E-state index in [0.29, 0.717) is 12.8 Å². The van der Waals surface area contributed by atoms with Crippen molar-refractivity contribution in [3.05, 3.63) is 132 Å². The number of nitrogens with one attached hydrogen (secondary N) is 1. The lowest BCUT2D eigenvalue weighted by molar-refractivity contribution is -0.299. The fraction of sp³-hybridized carbons (Fsp3) is 0.509. The van der Waals surface area contributed by atoms with Crippen LogP contribution in [0.4, 0.5) is 0 Å². The number of ether oxygens (including phenoxy) is 2. The van der Waals surface area contributed by atoms with Gasteiger partial charge in [-0.25, -0.2) is 0 Å². The van der Waals surface area contributed by atoms with Gasteiger partial charge in [-0.15, -0.1) is 0 Å². The van der Waals surface area contributed by atoms with Crippen molar-refractivity contribution >= 4 is 41.3 Å². The molecule has 1 aliphatic heterocycles. The van der Waals surface area contributed by atoms with Crippen molar-refractivity contribution < 1.29 is 34.4 Å². The Balaban J connectivity index is 1.06. The van der Waals surface area contributed by atoms with Gasteiger partial charge in [0.05, 0.1) is 20.4 Å². The number of carbonyl (C=O) groups excluding carboxylic acids is 2. The topological polar surface area (TPSA) is 125 Å². The van der Waals surface area contributed by atoms with E-state index in [1.807, 2.05) is 43.4 Å². The number of ketones is 1. The van der Waals surface area contributed by atoms with Crippen LogP contribution in [0.5, 0.6) is 0 Å². The van der Waals surface area contributed by atoms with Crippen molar-refractivity contribution in [1.82, 2.24) is 5.32 Å². The highest BCUT2D eigenvalue weighted by Crippen LogP contribution is 2.43. The number of aryl methyl sites for hydroxylation is 2. The quantitative estimate of drug-likeness (QED) is 0.0339. The molecule has 4 N–H and O–H groups in total. The van der Waals surface area contributed by atoms with E-state index in [9.17, 15) is 24.9 Å². The molecule has 5 aromatic carbocycles. The lowest BCUT2D eigenvalue weighted by atomic mass is 9.77. The SMILES string of the molecule is CC(C)(C)[Si](C)(C)C(O)[C@H]1O[C@H](OCc2ccccc2)[C@@H](NC(=O)CCCCCCCCc2ccc3ccccc3c2)[C@](O)(C(=O)CCCCCCCCc2ccc3ccccc3c2)[C@@H]1O. The van der Waals surface area contributed by atoms with Crippen LogP contribution in [0.2, 0.25) is 18.1 Å². The monoisotopic (exact) mass is 916 g/mol. The molecule has 1 aliphatic rings. The first-order valence-electron chi connectivity index (χ1n) is 24.9. The summed E-state index contributed by atoms with van der Waals surface area (Å²) in [6.07, 6.45) is 9.06. The summed E-state index contributed by atoms with van der Waals surface area (Å²) in [5.74, 6) is -0.928. The zero-order valence-corrected chi connectivity index (χ0v) is 41.4. The molecule has 0 aliphatic carbocycles. The molecule has 6 rings (SSSR count). The van der Waals surface area contributed by atoms with Crippen LogP contribution < -0.4 is 5.32 Å². The summed E-state index contributed by atoms with van der Waals surface area (Å²) in [5.41, 5.74) is -0.0938. The second-order valence-corrected chi connectivity index (χ2v) is 26.1. The molecule has 1 saturated heterocycles. The summed E-state index contributed by atoms with van der Waals surface area (Å²) in [5, 5.41) is 44.7. The number of aliphatic hydroxyl groups excluding tert-OH is 2. The molecular weight excluding hydrogens is 839 g/mol. The number of benzene rings is 5. The van der Waals surface area contributed by atoms with Gasteiger partial charge in [0.25, 0.3) is 0 Å². The normalized spacial score (nSPS) is 20.7. The first kappa shape index (κ1) is 51.2. The third kappa shape index (κ3) is 13.5. The van der Waals surface area contributed by atoms with Gasteiger partial charge >= 0.3 is 0 Å². The zero-order chi connectivity index (χ0) is 47.2. The van der Waals surface area contributed by atoms with Gasteiger partial charge in [-0.3, -0.25) is 9.59 Å². The first-order chi connectivity index (χ1) is 31.7. The summed E-state index contributed by atoms with van der Waals surface area (Å²) >= 11 is 0. The van der Waals surface area contributed by atoms with Crippen LogP contribution in [0.15, 0.2) is 115 Å². The van der Waals surface area contributed by atoms with Crippen LogP contribution in [0.3, 0.4) is 0 Å². The Morgan fingerprint density at radius 1 is 0.652 bits per heavy atom. The van der Waals surface area contributed by atoms with Gasteiger partial charge in [0, 0.05) is 12.8 Å². The van der Waals surface area contributed by atoms with Gasteiger partial charge in [-0.2, -0.15) is 0 Å². The van der Waals surface area contributed by atoms with E-state index >= 15 is 0 Å². The van der Waals surface area contributed by atoms with Gasteiger partial charge in [0.1, 0.15) is 18.2 Å². The maximum absolute atomic E-state index is 14.5. The average Bonchev–Trinajstić information content (AvgIpc) is 3.31. The molecule has 1 unspecified atom stereocenters. The highest BCUT2D eigenvalue weighted by molar-refractivity contribution is 6.81. The minimum Gasteiger partial charge on any atom is -0.394 e. The molecule has 0 aromatic heterocycles. The predicted molar refractivity (Wildman–Crippen MR) is 271 cm³/mol. The van der Waals surface area contributed by atoms with Crippen molar-refractivity contribution in [2.45, 2.75) is 184 Å². The van der Waals surface area contributed by atoms with Crippen molar-refractivity contribution in [2.75, 3.05) is 0 Å². The molecule has 8 nitrogen and oxygen atoms in total. The summed E-state index contributed by atoms with van der Waals surface area (Å²) in [6, 6.07) is 38.3. The van der Waals surface area contributed by atoms with Crippen molar-refractivity contribution in [2.24, 2.45) is 0 Å². The number of unbranched alkanes of at least 4 members (excludes halogenated alkanes) is 10. The number of amides is 1. The van der Waals surface area contributed by atoms with Crippen LogP contribution in [-0.4, -0.2) is 71.0 Å². The molecule has 9 heteroatoms. The third-order valence-electron chi connectivity index (χ3n) is 14.7. The average molecular weight is 916 g/mol. The van der Waals surface area contributed by atoms with Gasteiger partial charge in [0.15, 0.2) is 17.7 Å². The highest BCUT2D eigenvalue weighted by Gasteiger charge is 2.63. The van der Waals surface area contributed by atoms with Crippen LogP contribution in [0.1, 0.15) is 127 Å². The highest BCUT2D eigenvalue weighted by atomic mass is 28.3. The Labute approximate surface area is 395 Å². The van der Waals surface area contributed by atoms with Crippen LogP contribution in [0, 0.1) is 0 Å². The van der Waals surface area contributed by atoms with Crippen molar-refractivity contribution in [1.29, 1.82) is 0 Å². The minimum absolute atomic E-state index is 0.00615. The minimum atomic E-state index is -2.64. The lowest BCUT2D eigenvalue weighted by Crippen LogP contribution is -2.77. The number of carbonyl (C=O) groups is 2. The molecule has 5 aromatic rings. The van der Waals surface area contributed by atoms with Gasteiger partial charge in [0.2, 0.25) is 5.91 Å². The molecule has 0 bridgehead atoms. The molecule has 0 saturated carbocycles. The maximum Gasteiger partial charge on any atom is 0.220 e. The van der Waals surface area contributed by atoms with Gasteiger partial charge in [-0.05, 0) is 81.8 Å². The summed E-state index contributed by atoms with van der Waals surface area (Å²) in [7, 11) is -2.64. The zero-order valence-electron chi connectivity index (χ0n) is 40.4. The Bertz CT molecular complexity index is 2290. The van der Waals surface area contributed by atoms with E-state index in [-0.39, 0.29) is 30.4 Å². The second-order valence-electron chi connectivity index (χ2n) is 20.5. The predicted octanol–water partition coefficient (Wildman–Crippen LogP) is 11.7. The number of hydrogen-bond donors (Lipinski definition) is 4. The summed E-state index contributed by atoms with van der Waals surface area (Å²) in [6.45, 7) is 10.3. The molecule has 0 radical (unpaired) electrons. The Kier molecular flexibility index (Phi) is 18.7. The fourth-order valence-corrected chi connectivity index (χ4v) is 11.3. The smallest absolute Gasteiger partial charge is 0.220 e. The molecule has 6 atom stereocenters. The number of aliphatic hydroxyl groups is 3. The largest absolute Gasteiger partial charge is 0.394 e. The Morgan fingerprint density at radius 2 is 1.12 bits per heavy atom. The first-order valence-corrected chi connectivity index (χ1v) is 27.9. The maximum atomic E-state index is 14.5. The molecule has 1 amide bonds. The van der Waals surface area contributed by atoms with E-state index in [2.05, 4.69) is 111 Å². The molecule has 0 spiro atoms. The van der Waals surface area contributed by atoms with Crippen molar-refractivity contribution in [3.63, 3.8) is 0 Å². The summed E-state index contributed by atoms with van der Waals surface area (Å²) < 4.78 is 12.8. The number of fused-ring (bicyclic) bond motifs is 2. The Morgan fingerprint density at radius 3 is 1.65 bits per heavy atom. The fourth-order valence-electron chi connectivity index (χ4n) is 9.33. The molecule has 1 fully saturated rings. The van der Waals surface area contributed by atoms with Gasteiger partial charge < -0.3 is 30.1 Å². The van der Waals surface area contributed by atoms with Crippen LogP contribution in [-0.2, 0) is 38.5 Å². The number of rotatable bonds is 25. The number of Topliss-reactive ketones (excluding diaryl/α,β-unsaturated/α-hetero) is 1. The number of hydrogen-bond acceptors (Lipinski definition) is 7. The third-order valence-corrected chi connectivity index (χ3v) is 20.3. The van der Waals surface area contributed by atoms with E-state index in [0.717, 1.165) is 82.6 Å². The van der Waals surface area contributed by atoms with E-state index in [1.54, 1.807) is 0 Å². The molecular formula is C57H77NO7Si. The van der Waals surface area contributed by atoms with Crippen LogP contribution in [0.25, 0.3) is 21.5 Å². The standard InChI is InChI=1S/C57H77NO7Si/c1-56(2,3)66(4,5)54(62)51-53(61)57(63,49(59)33-19-12-8-6-10-15-25-42-35-37-45-29-21-23-31-47(45)39-42)52(55(65-51)64-41-44-27-17-14-18-28-44)58-50(60)34-20-13-9-7-11-16-26-43-36-38-46-30-22-24-32-48(46)40-43/h14,17-18,21-24,27-32,35-40,51-55,61-63H,6-13,15-16,19-20,25-26,33-34,41H2,1-5H3,(H,58,60)/t51-,52+,53+,54?,55-,57+/m0/s1. The van der Waals surface area contributed by atoms with Crippen molar-refractivity contribution in [3.8, 4) is 0 Å². The van der Waals surface area contributed by atoms with E-state index in [1.165, 1.54) is 32.7 Å². The Hall–Kier alpha value is -4.22. The summed E-state index contributed by atoms with van der Waals surface area (Å²) in [4.78, 5) is 28.3. The lowest BCUT2D eigenvalue weighted by Gasteiger charge is -2.53. The van der Waals surface area contributed by atoms with E-state index in [4.69, 9.17) is 9.47 Å². The molecule has 66 heavy (non-hydrogen) atoms.